The highest BCUT2D eigenvalue weighted by molar-refractivity contribution is 5.85. The van der Waals surface area contributed by atoms with Crippen LogP contribution in [-0.2, 0) is 11.8 Å². The summed E-state index contributed by atoms with van der Waals surface area (Å²) in [5.41, 5.74) is 9.92. The van der Waals surface area contributed by atoms with Gasteiger partial charge in [-0.3, -0.25) is 0 Å². The Hall–Kier alpha value is -0.730. The number of methoxy groups -OCH3 is 1. The average molecular weight is 286 g/mol. The van der Waals surface area contributed by atoms with Crippen molar-refractivity contribution in [2.45, 2.75) is 58.9 Å². The van der Waals surface area contributed by atoms with Crippen LogP contribution in [0, 0.1) is 6.92 Å². The van der Waals surface area contributed by atoms with Gasteiger partial charge in [0.2, 0.25) is 0 Å². The predicted octanol–water partition coefficient (Wildman–Crippen LogP) is 4.00. The van der Waals surface area contributed by atoms with E-state index in [1.807, 2.05) is 0 Å². The van der Waals surface area contributed by atoms with Gasteiger partial charge in [0, 0.05) is 11.6 Å². The first-order valence-corrected chi connectivity index (χ1v) is 6.73. The maximum absolute atomic E-state index is 6.05. The van der Waals surface area contributed by atoms with Gasteiger partial charge in [0.15, 0.2) is 0 Å². The molecular formula is C16H28ClNO. The molecule has 0 aliphatic carbocycles. The minimum absolute atomic E-state index is 0. The van der Waals surface area contributed by atoms with Crippen molar-refractivity contribution in [1.29, 1.82) is 0 Å². The van der Waals surface area contributed by atoms with E-state index in [-0.39, 0.29) is 23.9 Å². The summed E-state index contributed by atoms with van der Waals surface area (Å²) in [4.78, 5) is 0. The van der Waals surface area contributed by atoms with Gasteiger partial charge in [-0.2, -0.15) is 0 Å². The Labute approximate surface area is 124 Å². The van der Waals surface area contributed by atoms with Crippen LogP contribution in [0.1, 0.15) is 50.8 Å². The molecule has 0 saturated carbocycles. The van der Waals surface area contributed by atoms with E-state index < -0.39 is 0 Å². The average Bonchev–Trinajstić information content (AvgIpc) is 2.27. The molecule has 1 aromatic carbocycles. The van der Waals surface area contributed by atoms with Crippen LogP contribution in [-0.4, -0.2) is 13.2 Å². The fourth-order valence-corrected chi connectivity index (χ4v) is 2.24. The summed E-state index contributed by atoms with van der Waals surface area (Å²) in [5, 5.41) is 0. The van der Waals surface area contributed by atoms with E-state index in [4.69, 9.17) is 10.5 Å². The van der Waals surface area contributed by atoms with Crippen LogP contribution < -0.4 is 10.5 Å². The van der Waals surface area contributed by atoms with E-state index >= 15 is 0 Å². The highest BCUT2D eigenvalue weighted by Gasteiger charge is 2.21. The molecular weight excluding hydrogens is 258 g/mol. The molecule has 0 aromatic heterocycles. The highest BCUT2D eigenvalue weighted by Crippen LogP contribution is 2.35. The Bertz CT molecular complexity index is 410. The molecule has 0 amide bonds. The summed E-state index contributed by atoms with van der Waals surface area (Å²) in [6.45, 7) is 10.9. The predicted molar refractivity (Wildman–Crippen MR) is 85.6 cm³/mol. The topological polar surface area (TPSA) is 35.2 Å². The van der Waals surface area contributed by atoms with E-state index in [0.717, 1.165) is 18.6 Å². The SMILES string of the molecule is CCC(N)Cc1cc(C)c(OC)c(C(C)(C)C)c1.Cl. The summed E-state index contributed by atoms with van der Waals surface area (Å²) < 4.78 is 5.56. The maximum atomic E-state index is 6.05. The van der Waals surface area contributed by atoms with Crippen LogP contribution in [0.2, 0.25) is 0 Å². The number of halogens is 1. The van der Waals surface area contributed by atoms with E-state index in [0.29, 0.717) is 0 Å². The van der Waals surface area contributed by atoms with Gasteiger partial charge in [-0.15, -0.1) is 12.4 Å². The van der Waals surface area contributed by atoms with Crippen molar-refractivity contribution in [2.24, 2.45) is 5.73 Å². The van der Waals surface area contributed by atoms with Crippen LogP contribution in [0.15, 0.2) is 12.1 Å². The molecule has 0 radical (unpaired) electrons. The van der Waals surface area contributed by atoms with Crippen molar-refractivity contribution in [3.63, 3.8) is 0 Å². The van der Waals surface area contributed by atoms with Crippen molar-refractivity contribution in [2.75, 3.05) is 7.11 Å². The third kappa shape index (κ3) is 4.70. The van der Waals surface area contributed by atoms with E-state index in [2.05, 4.69) is 46.8 Å². The van der Waals surface area contributed by atoms with Gasteiger partial charge < -0.3 is 10.5 Å². The number of aryl methyl sites for hydroxylation is 1. The molecule has 2 N–H and O–H groups in total. The van der Waals surface area contributed by atoms with E-state index in [9.17, 15) is 0 Å². The zero-order chi connectivity index (χ0) is 13.9. The summed E-state index contributed by atoms with van der Waals surface area (Å²) in [6.07, 6.45) is 1.94. The van der Waals surface area contributed by atoms with Gasteiger partial charge in [-0.25, -0.2) is 0 Å². The quantitative estimate of drug-likeness (QED) is 0.907. The number of hydrogen-bond acceptors (Lipinski definition) is 2. The van der Waals surface area contributed by atoms with Crippen molar-refractivity contribution in [3.8, 4) is 5.75 Å². The summed E-state index contributed by atoms with van der Waals surface area (Å²) in [6, 6.07) is 4.69. The lowest BCUT2D eigenvalue weighted by Gasteiger charge is -2.25. The molecule has 110 valence electrons. The second kappa shape index (κ2) is 7.16. The zero-order valence-electron chi connectivity index (χ0n) is 13.0. The Balaban J connectivity index is 0.00000324. The lowest BCUT2D eigenvalue weighted by atomic mass is 9.83. The molecule has 1 unspecified atom stereocenters. The molecule has 1 atom stereocenters. The summed E-state index contributed by atoms with van der Waals surface area (Å²) >= 11 is 0. The van der Waals surface area contributed by atoms with Gasteiger partial charge in [0.05, 0.1) is 7.11 Å². The molecule has 0 aliphatic heterocycles. The molecule has 0 saturated heterocycles. The zero-order valence-corrected chi connectivity index (χ0v) is 13.9. The molecule has 0 fully saturated rings. The second-order valence-electron chi connectivity index (χ2n) is 6.12. The monoisotopic (exact) mass is 285 g/mol. The molecule has 0 aliphatic rings. The lowest BCUT2D eigenvalue weighted by Crippen LogP contribution is -2.22. The van der Waals surface area contributed by atoms with Crippen molar-refractivity contribution in [1.82, 2.24) is 0 Å². The number of ether oxygens (including phenoxy) is 1. The van der Waals surface area contributed by atoms with Crippen molar-refractivity contribution >= 4 is 12.4 Å². The minimum Gasteiger partial charge on any atom is -0.496 e. The van der Waals surface area contributed by atoms with Gasteiger partial charge in [0.25, 0.3) is 0 Å². The van der Waals surface area contributed by atoms with Crippen molar-refractivity contribution < 1.29 is 4.74 Å². The third-order valence-electron chi connectivity index (χ3n) is 3.37. The van der Waals surface area contributed by atoms with Crippen LogP contribution in [0.25, 0.3) is 0 Å². The standard InChI is InChI=1S/C16H27NO.ClH/c1-7-13(17)9-12-8-11(2)15(18-6)14(10-12)16(3,4)5;/h8,10,13H,7,9,17H2,1-6H3;1H. The Kier molecular flexibility index (Phi) is 6.88. The number of benzene rings is 1. The van der Waals surface area contributed by atoms with Gasteiger partial charge in [-0.05, 0) is 36.3 Å². The molecule has 0 bridgehead atoms. The molecule has 3 heteroatoms. The molecule has 1 aromatic rings. The van der Waals surface area contributed by atoms with Crippen LogP contribution in [0.3, 0.4) is 0 Å². The van der Waals surface area contributed by atoms with Gasteiger partial charge >= 0.3 is 0 Å². The minimum atomic E-state index is 0. The molecule has 2 nitrogen and oxygen atoms in total. The summed E-state index contributed by atoms with van der Waals surface area (Å²) in [5.74, 6) is 1.01. The van der Waals surface area contributed by atoms with Crippen LogP contribution in [0.5, 0.6) is 5.75 Å². The molecule has 1 rings (SSSR count). The highest BCUT2D eigenvalue weighted by atomic mass is 35.5. The van der Waals surface area contributed by atoms with E-state index in [1.165, 1.54) is 16.7 Å². The largest absolute Gasteiger partial charge is 0.496 e. The maximum Gasteiger partial charge on any atom is 0.125 e. The number of nitrogens with two attached hydrogens (primary N) is 1. The fraction of sp³-hybridized carbons (Fsp3) is 0.625. The first kappa shape index (κ1) is 18.3. The van der Waals surface area contributed by atoms with Crippen LogP contribution in [0.4, 0.5) is 0 Å². The first-order valence-electron chi connectivity index (χ1n) is 6.73. The lowest BCUT2D eigenvalue weighted by molar-refractivity contribution is 0.394. The molecule has 19 heavy (non-hydrogen) atoms. The molecule has 0 spiro atoms. The smallest absolute Gasteiger partial charge is 0.125 e. The Morgan fingerprint density at radius 2 is 1.84 bits per heavy atom. The number of rotatable bonds is 4. The van der Waals surface area contributed by atoms with E-state index in [1.54, 1.807) is 7.11 Å². The molecule has 0 heterocycles. The van der Waals surface area contributed by atoms with Gasteiger partial charge in [-0.1, -0.05) is 39.8 Å². The Morgan fingerprint density at radius 3 is 2.26 bits per heavy atom. The first-order chi connectivity index (χ1) is 8.29. The van der Waals surface area contributed by atoms with Crippen LogP contribution >= 0.6 is 12.4 Å². The summed E-state index contributed by atoms with van der Waals surface area (Å²) in [7, 11) is 1.75. The van der Waals surface area contributed by atoms with Crippen molar-refractivity contribution in [3.05, 3.63) is 28.8 Å². The second-order valence-corrected chi connectivity index (χ2v) is 6.12. The van der Waals surface area contributed by atoms with Gasteiger partial charge in [0.1, 0.15) is 5.75 Å². The normalized spacial score (nSPS) is 12.8. The Morgan fingerprint density at radius 1 is 1.26 bits per heavy atom. The third-order valence-corrected chi connectivity index (χ3v) is 3.37. The fourth-order valence-electron chi connectivity index (χ4n) is 2.24. The number of hydrogen-bond donors (Lipinski definition) is 1.